The Morgan fingerprint density at radius 3 is 2.37 bits per heavy atom. The molecule has 1 aliphatic rings. The van der Waals surface area contributed by atoms with Gasteiger partial charge < -0.3 is 4.90 Å². The average molecular weight is 417 g/mol. The van der Waals surface area contributed by atoms with Crippen LogP contribution in [0, 0.1) is 13.8 Å². The van der Waals surface area contributed by atoms with Gasteiger partial charge in [0.1, 0.15) is 0 Å². The number of aryl methyl sites for hydroxylation is 2. The van der Waals surface area contributed by atoms with Crippen LogP contribution in [-0.2, 0) is 6.42 Å². The minimum atomic E-state index is 0.789. The number of hydrogen-bond donors (Lipinski definition) is 0. The van der Waals surface area contributed by atoms with E-state index in [0.29, 0.717) is 0 Å². The number of hydrogen-bond acceptors (Lipinski definition) is 1. The molecule has 0 saturated carbocycles. The van der Waals surface area contributed by atoms with Gasteiger partial charge in [-0.3, -0.25) is 0 Å². The second-order valence-electron chi connectivity index (χ2n) is 8.26. The number of rotatable bonds is 5. The summed E-state index contributed by atoms with van der Waals surface area (Å²) in [6, 6.07) is 21.2. The number of nitrogens with zero attached hydrogens (tertiary/aromatic N) is 2. The third-order valence-corrected chi connectivity index (χ3v) is 6.27. The fourth-order valence-corrected chi connectivity index (χ4v) is 4.33. The van der Waals surface area contributed by atoms with Crippen molar-refractivity contribution in [2.75, 3.05) is 13.1 Å². The Morgan fingerprint density at radius 2 is 1.63 bits per heavy atom. The van der Waals surface area contributed by atoms with Gasteiger partial charge in [-0.1, -0.05) is 60.1 Å². The van der Waals surface area contributed by atoms with E-state index in [-0.39, 0.29) is 0 Å². The van der Waals surface area contributed by atoms with Crippen molar-refractivity contribution in [3.05, 3.63) is 87.9 Å². The molecule has 1 aliphatic heterocycles. The summed E-state index contributed by atoms with van der Waals surface area (Å²) in [6.07, 6.45) is 6.85. The van der Waals surface area contributed by atoms with E-state index in [1.807, 2.05) is 24.5 Å². The highest BCUT2D eigenvalue weighted by molar-refractivity contribution is 6.33. The Labute approximate surface area is 185 Å². The maximum absolute atomic E-state index is 6.34. The molecule has 3 aromatic rings. The first kappa shape index (κ1) is 20.7. The molecule has 3 heteroatoms. The van der Waals surface area contributed by atoms with Crippen LogP contribution in [0.25, 0.3) is 11.1 Å². The van der Waals surface area contributed by atoms with Gasteiger partial charge in [-0.15, -0.1) is 0 Å². The number of benzene rings is 3. The van der Waals surface area contributed by atoms with Gasteiger partial charge in [0.25, 0.3) is 0 Å². The molecule has 0 aliphatic carbocycles. The molecule has 0 spiro atoms. The molecule has 0 unspecified atom stereocenters. The lowest BCUT2D eigenvalue weighted by Crippen LogP contribution is -2.28. The normalized spacial score (nSPS) is 14.4. The van der Waals surface area contributed by atoms with Crippen LogP contribution in [-0.4, -0.2) is 24.3 Å². The van der Waals surface area contributed by atoms with Crippen LogP contribution in [0.2, 0.25) is 5.02 Å². The predicted octanol–water partition coefficient (Wildman–Crippen LogP) is 7.36. The summed E-state index contributed by atoms with van der Waals surface area (Å²) in [5.41, 5.74) is 8.50. The largest absolute Gasteiger partial charge is 0.363 e. The van der Waals surface area contributed by atoms with E-state index in [9.17, 15) is 0 Å². The zero-order chi connectivity index (χ0) is 20.9. The maximum atomic E-state index is 6.34. The molecular weight excluding hydrogens is 388 g/mol. The summed E-state index contributed by atoms with van der Waals surface area (Å²) in [7, 11) is 0. The van der Waals surface area contributed by atoms with Gasteiger partial charge in [-0.2, -0.15) is 0 Å². The lowest BCUT2D eigenvalue weighted by molar-refractivity contribution is 0.351. The molecule has 30 heavy (non-hydrogen) atoms. The van der Waals surface area contributed by atoms with Crippen molar-refractivity contribution in [3.8, 4) is 11.1 Å². The molecule has 0 aromatic heterocycles. The van der Waals surface area contributed by atoms with Gasteiger partial charge in [0, 0.05) is 23.7 Å². The molecule has 0 amide bonds. The summed E-state index contributed by atoms with van der Waals surface area (Å²) in [5, 5.41) is 0.789. The van der Waals surface area contributed by atoms with Crippen LogP contribution >= 0.6 is 11.6 Å². The van der Waals surface area contributed by atoms with Crippen molar-refractivity contribution >= 4 is 23.6 Å². The first-order valence-electron chi connectivity index (χ1n) is 10.8. The van der Waals surface area contributed by atoms with E-state index in [0.717, 1.165) is 41.3 Å². The highest BCUT2D eigenvalue weighted by atomic mass is 35.5. The summed E-state index contributed by atoms with van der Waals surface area (Å²) in [4.78, 5) is 7.12. The molecule has 0 radical (unpaired) electrons. The fraction of sp³-hybridized carbons (Fsp3) is 0.296. The topological polar surface area (TPSA) is 15.6 Å². The van der Waals surface area contributed by atoms with Crippen LogP contribution < -0.4 is 0 Å². The Bertz CT molecular complexity index is 1030. The smallest absolute Gasteiger partial charge is 0.0912 e. The SMILES string of the molecule is Cc1cc(N=CN2CCCCC2)c(C)cc1Cc1ccc(-c2ccccc2Cl)cc1. The summed E-state index contributed by atoms with van der Waals surface area (Å²) >= 11 is 6.34. The third-order valence-electron chi connectivity index (χ3n) is 5.94. The van der Waals surface area contributed by atoms with E-state index in [2.05, 4.69) is 61.2 Å². The van der Waals surface area contributed by atoms with Crippen LogP contribution in [0.5, 0.6) is 0 Å². The average Bonchev–Trinajstić information content (AvgIpc) is 2.77. The van der Waals surface area contributed by atoms with E-state index in [4.69, 9.17) is 16.6 Å². The first-order chi connectivity index (χ1) is 14.6. The fourth-order valence-electron chi connectivity index (χ4n) is 4.09. The summed E-state index contributed by atoms with van der Waals surface area (Å²) in [5.74, 6) is 0. The van der Waals surface area contributed by atoms with Crippen molar-refractivity contribution in [2.24, 2.45) is 4.99 Å². The monoisotopic (exact) mass is 416 g/mol. The van der Waals surface area contributed by atoms with Gasteiger partial charge in [-0.05, 0) is 79.5 Å². The van der Waals surface area contributed by atoms with Crippen molar-refractivity contribution in [1.82, 2.24) is 4.90 Å². The Balaban J connectivity index is 1.48. The maximum Gasteiger partial charge on any atom is 0.0912 e. The molecule has 0 bridgehead atoms. The molecule has 1 saturated heterocycles. The highest BCUT2D eigenvalue weighted by Gasteiger charge is 2.09. The number of halogens is 1. The zero-order valence-electron chi connectivity index (χ0n) is 17.9. The predicted molar refractivity (Wildman–Crippen MR) is 129 cm³/mol. The lowest BCUT2D eigenvalue weighted by Gasteiger charge is -2.24. The van der Waals surface area contributed by atoms with Gasteiger partial charge >= 0.3 is 0 Å². The van der Waals surface area contributed by atoms with Crippen molar-refractivity contribution < 1.29 is 0 Å². The van der Waals surface area contributed by atoms with Crippen molar-refractivity contribution in [1.29, 1.82) is 0 Å². The van der Waals surface area contributed by atoms with Crippen molar-refractivity contribution in [2.45, 2.75) is 39.5 Å². The quantitative estimate of drug-likeness (QED) is 0.313. The first-order valence-corrected chi connectivity index (χ1v) is 11.2. The van der Waals surface area contributed by atoms with E-state index >= 15 is 0 Å². The highest BCUT2D eigenvalue weighted by Crippen LogP contribution is 2.29. The van der Waals surface area contributed by atoms with Gasteiger partial charge in [0.2, 0.25) is 0 Å². The second-order valence-corrected chi connectivity index (χ2v) is 8.67. The lowest BCUT2D eigenvalue weighted by atomic mass is 9.96. The van der Waals surface area contributed by atoms with Crippen LogP contribution in [0.3, 0.4) is 0 Å². The van der Waals surface area contributed by atoms with E-state index in [1.165, 1.54) is 41.5 Å². The number of aliphatic imine (C=N–C) groups is 1. The molecular formula is C27H29ClN2. The number of likely N-dealkylation sites (tertiary alicyclic amines) is 1. The van der Waals surface area contributed by atoms with E-state index in [1.54, 1.807) is 0 Å². The van der Waals surface area contributed by atoms with Crippen LogP contribution in [0.15, 0.2) is 65.7 Å². The molecule has 3 aromatic carbocycles. The minimum absolute atomic E-state index is 0.789. The summed E-state index contributed by atoms with van der Waals surface area (Å²) < 4.78 is 0. The summed E-state index contributed by atoms with van der Waals surface area (Å²) in [6.45, 7) is 6.60. The molecule has 0 atom stereocenters. The number of piperidine rings is 1. The van der Waals surface area contributed by atoms with Gasteiger partial charge in [0.05, 0.1) is 12.0 Å². The van der Waals surface area contributed by atoms with Crippen molar-refractivity contribution in [3.63, 3.8) is 0 Å². The van der Waals surface area contributed by atoms with Crippen LogP contribution in [0.4, 0.5) is 5.69 Å². The standard InChI is InChI=1S/C27H29ClN2/c1-20-17-27(29-19-30-14-6-3-7-15-30)21(2)16-24(20)18-22-10-12-23(13-11-22)25-8-4-5-9-26(25)28/h4-5,8-13,16-17,19H,3,6-7,14-15,18H2,1-2H3. The molecule has 0 N–H and O–H groups in total. The van der Waals surface area contributed by atoms with E-state index < -0.39 is 0 Å². The molecule has 1 fully saturated rings. The molecule has 1 heterocycles. The van der Waals surface area contributed by atoms with Gasteiger partial charge in [-0.25, -0.2) is 4.99 Å². The second kappa shape index (κ2) is 9.49. The van der Waals surface area contributed by atoms with Gasteiger partial charge in [0.15, 0.2) is 0 Å². The Kier molecular flexibility index (Phi) is 6.54. The Hall–Kier alpha value is -2.58. The zero-order valence-corrected chi connectivity index (χ0v) is 18.6. The van der Waals surface area contributed by atoms with Crippen LogP contribution in [0.1, 0.15) is 41.5 Å². The molecule has 2 nitrogen and oxygen atoms in total. The Morgan fingerprint density at radius 1 is 0.900 bits per heavy atom. The molecule has 154 valence electrons. The minimum Gasteiger partial charge on any atom is -0.363 e. The third kappa shape index (κ3) is 4.94. The molecule has 4 rings (SSSR count).